The first-order valence-corrected chi connectivity index (χ1v) is 11.2. The van der Waals surface area contributed by atoms with Crippen LogP contribution in [0.15, 0.2) is 24.3 Å². The number of carbonyl (C=O) groups excluding carboxylic acids is 1. The molecule has 0 saturated carbocycles. The number of urea groups is 1. The number of amides is 2. The van der Waals surface area contributed by atoms with Crippen molar-refractivity contribution in [3.05, 3.63) is 52.5 Å². The molecule has 1 N–H and O–H groups in total. The number of halogens is 3. The molecule has 0 unspecified atom stereocenters. The zero-order valence-electron chi connectivity index (χ0n) is 20.3. The number of nitrogens with zero attached hydrogens (tertiary/aromatic N) is 4. The second kappa shape index (κ2) is 10.2. The van der Waals surface area contributed by atoms with Gasteiger partial charge in [0.2, 0.25) is 0 Å². The molecule has 0 spiro atoms. The molecule has 3 rings (SSSR count). The lowest BCUT2D eigenvalue weighted by Gasteiger charge is -2.37. The number of ether oxygens (including phenoxy) is 1. The molecule has 1 aliphatic rings. The normalized spacial score (nSPS) is 14.9. The number of alkyl halides is 3. The van der Waals surface area contributed by atoms with Crippen molar-refractivity contribution >= 4 is 11.8 Å². The van der Waals surface area contributed by atoms with Crippen molar-refractivity contribution in [2.24, 2.45) is 0 Å². The molecule has 1 aromatic heterocycles. The van der Waals surface area contributed by atoms with E-state index in [-0.39, 0.29) is 24.6 Å². The first kappa shape index (κ1) is 25.7. The van der Waals surface area contributed by atoms with Gasteiger partial charge in [0, 0.05) is 50.8 Å². The van der Waals surface area contributed by atoms with Gasteiger partial charge in [-0.25, -0.2) is 14.8 Å². The predicted octanol–water partition coefficient (Wildman–Crippen LogP) is 4.17. The van der Waals surface area contributed by atoms with E-state index >= 15 is 0 Å². The van der Waals surface area contributed by atoms with E-state index in [2.05, 4.69) is 20.2 Å². The van der Waals surface area contributed by atoms with Gasteiger partial charge in [0.15, 0.2) is 0 Å². The molecule has 186 valence electrons. The highest BCUT2D eigenvalue weighted by Gasteiger charge is 2.31. The number of aryl methyl sites for hydroxylation is 1. The molecule has 2 aromatic rings. The van der Waals surface area contributed by atoms with Crippen molar-refractivity contribution in [2.45, 2.75) is 52.4 Å². The summed E-state index contributed by atoms with van der Waals surface area (Å²) in [6.45, 7) is 9.92. The van der Waals surface area contributed by atoms with Crippen LogP contribution in [0.4, 0.5) is 23.8 Å². The Labute approximate surface area is 198 Å². The maximum atomic E-state index is 13.2. The number of aromatic nitrogens is 2. The fourth-order valence-corrected chi connectivity index (χ4v) is 3.92. The first-order valence-electron chi connectivity index (χ1n) is 11.2. The number of hydrogen-bond donors (Lipinski definition) is 1. The van der Waals surface area contributed by atoms with Gasteiger partial charge in [0.1, 0.15) is 11.6 Å². The predicted molar refractivity (Wildman–Crippen MR) is 124 cm³/mol. The summed E-state index contributed by atoms with van der Waals surface area (Å²) in [7, 11) is 1.55. The molecule has 0 aliphatic carbocycles. The van der Waals surface area contributed by atoms with E-state index in [1.165, 1.54) is 6.07 Å². The molecule has 0 bridgehead atoms. The number of piperazine rings is 1. The summed E-state index contributed by atoms with van der Waals surface area (Å²) in [5.41, 5.74) is 0.885. The van der Waals surface area contributed by atoms with Crippen molar-refractivity contribution in [2.75, 3.05) is 38.2 Å². The van der Waals surface area contributed by atoms with Crippen LogP contribution in [0, 0.1) is 6.92 Å². The molecule has 34 heavy (non-hydrogen) atoms. The van der Waals surface area contributed by atoms with Crippen LogP contribution in [0.25, 0.3) is 0 Å². The van der Waals surface area contributed by atoms with E-state index in [1.54, 1.807) is 25.0 Å². The summed E-state index contributed by atoms with van der Waals surface area (Å²) in [5.74, 6) is 1.23. The lowest BCUT2D eigenvalue weighted by molar-refractivity contribution is -0.137. The van der Waals surface area contributed by atoms with Gasteiger partial charge in [0.25, 0.3) is 0 Å². The molecule has 1 fully saturated rings. The Bertz CT molecular complexity index is 1010. The van der Waals surface area contributed by atoms with Crippen LogP contribution in [0.1, 0.15) is 49.0 Å². The van der Waals surface area contributed by atoms with Crippen LogP contribution >= 0.6 is 0 Å². The quantitative estimate of drug-likeness (QED) is 0.697. The molecule has 0 radical (unpaired) electrons. The number of benzene rings is 1. The van der Waals surface area contributed by atoms with Gasteiger partial charge in [-0.15, -0.1) is 0 Å². The Kier molecular flexibility index (Phi) is 7.70. The topological polar surface area (TPSA) is 70.6 Å². The largest absolute Gasteiger partial charge is 0.416 e. The maximum absolute atomic E-state index is 13.2. The number of nitrogens with one attached hydrogen (secondary N) is 1. The summed E-state index contributed by atoms with van der Waals surface area (Å²) < 4.78 is 45.1. The van der Waals surface area contributed by atoms with Gasteiger partial charge >= 0.3 is 12.2 Å². The molecule has 1 aromatic carbocycles. The highest BCUT2D eigenvalue weighted by molar-refractivity contribution is 5.75. The smallest absolute Gasteiger partial charge is 0.378 e. The van der Waals surface area contributed by atoms with Crippen molar-refractivity contribution in [3.8, 4) is 0 Å². The fraction of sp³-hybridized carbons (Fsp3) is 0.542. The summed E-state index contributed by atoms with van der Waals surface area (Å²) in [4.78, 5) is 25.5. The van der Waals surface area contributed by atoms with Gasteiger partial charge in [-0.3, -0.25) is 0 Å². The second-order valence-corrected chi connectivity index (χ2v) is 9.48. The number of carbonyl (C=O) groups is 1. The average molecular weight is 480 g/mol. The Morgan fingerprint density at radius 1 is 1.12 bits per heavy atom. The van der Waals surface area contributed by atoms with Crippen LogP contribution < -0.4 is 10.2 Å². The highest BCUT2D eigenvalue weighted by Crippen LogP contribution is 2.31. The van der Waals surface area contributed by atoms with E-state index in [0.717, 1.165) is 17.7 Å². The molecule has 10 heteroatoms. The zero-order chi connectivity index (χ0) is 25.1. The van der Waals surface area contributed by atoms with Crippen molar-refractivity contribution < 1.29 is 22.7 Å². The summed E-state index contributed by atoms with van der Waals surface area (Å²) >= 11 is 0. The average Bonchev–Trinajstić information content (AvgIpc) is 2.74. The molecular weight excluding hydrogens is 447 g/mol. The van der Waals surface area contributed by atoms with Gasteiger partial charge in [-0.1, -0.05) is 18.2 Å². The number of anilines is 1. The van der Waals surface area contributed by atoms with Crippen LogP contribution in [0.2, 0.25) is 0 Å². The number of methoxy groups -OCH3 is 1. The number of hydrogen-bond acceptors (Lipinski definition) is 5. The van der Waals surface area contributed by atoms with Crippen molar-refractivity contribution in [3.63, 3.8) is 0 Å². The third kappa shape index (κ3) is 6.59. The van der Waals surface area contributed by atoms with Crippen LogP contribution in [0.5, 0.6) is 0 Å². The molecule has 2 heterocycles. The minimum absolute atomic E-state index is 0.115. The highest BCUT2D eigenvalue weighted by atomic mass is 19.4. The van der Waals surface area contributed by atoms with E-state index in [4.69, 9.17) is 4.74 Å². The molecule has 2 amide bonds. The minimum atomic E-state index is -4.41. The Hall–Kier alpha value is -2.88. The molecule has 1 aliphatic heterocycles. The Morgan fingerprint density at radius 2 is 1.79 bits per heavy atom. The molecule has 0 atom stereocenters. The van der Waals surface area contributed by atoms with Gasteiger partial charge < -0.3 is 19.9 Å². The second-order valence-electron chi connectivity index (χ2n) is 9.48. The summed E-state index contributed by atoms with van der Waals surface area (Å²) in [5, 5.41) is 2.97. The molecular formula is C24H32F3N5O2. The van der Waals surface area contributed by atoms with E-state index in [0.29, 0.717) is 49.1 Å². The van der Waals surface area contributed by atoms with E-state index in [1.807, 2.05) is 20.8 Å². The lowest BCUT2D eigenvalue weighted by atomic mass is 10.0. The third-order valence-corrected chi connectivity index (χ3v) is 5.45. The Morgan fingerprint density at radius 3 is 2.38 bits per heavy atom. The fourth-order valence-electron chi connectivity index (χ4n) is 3.92. The van der Waals surface area contributed by atoms with Gasteiger partial charge in [0.05, 0.1) is 17.9 Å². The van der Waals surface area contributed by atoms with Gasteiger partial charge in [-0.05, 0) is 39.3 Å². The minimum Gasteiger partial charge on any atom is -0.378 e. The van der Waals surface area contributed by atoms with Crippen LogP contribution in [0.3, 0.4) is 0 Å². The van der Waals surface area contributed by atoms with E-state index < -0.39 is 11.7 Å². The van der Waals surface area contributed by atoms with E-state index in [9.17, 15) is 18.0 Å². The molecule has 1 saturated heterocycles. The monoisotopic (exact) mass is 479 g/mol. The lowest BCUT2D eigenvalue weighted by Crippen LogP contribution is -2.55. The zero-order valence-corrected chi connectivity index (χ0v) is 20.3. The number of rotatable bonds is 5. The summed E-state index contributed by atoms with van der Waals surface area (Å²) in [6, 6.07) is 5.19. The van der Waals surface area contributed by atoms with Crippen LogP contribution in [-0.4, -0.2) is 59.7 Å². The Balaban J connectivity index is 1.88. The molecule has 7 nitrogen and oxygen atoms in total. The summed E-state index contributed by atoms with van der Waals surface area (Å²) in [6.07, 6.45) is -4.18. The first-order chi connectivity index (χ1) is 15.9. The van der Waals surface area contributed by atoms with Crippen molar-refractivity contribution in [1.82, 2.24) is 20.2 Å². The SMILES string of the molecule is COCc1nc(C)nc(N2CCN(C(=O)NC(C)(C)C)CC2)c1Cc1cccc(C(F)(F)F)c1. The standard InChI is InChI=1S/C24H32F3N5O2/c1-16-28-20(15-34-5)19(14-17-7-6-8-18(13-17)24(25,26)27)21(29-16)31-9-11-32(12-10-31)22(33)30-23(2,3)4/h6-8,13H,9-12,14-15H2,1-5H3,(H,30,33). The van der Waals surface area contributed by atoms with Crippen molar-refractivity contribution in [1.29, 1.82) is 0 Å². The van der Waals surface area contributed by atoms with Gasteiger partial charge in [-0.2, -0.15) is 13.2 Å². The van der Waals surface area contributed by atoms with Crippen LogP contribution in [-0.2, 0) is 23.9 Å². The maximum Gasteiger partial charge on any atom is 0.416 e. The third-order valence-electron chi connectivity index (χ3n) is 5.45.